The molecule has 0 saturated heterocycles. The lowest BCUT2D eigenvalue weighted by Gasteiger charge is -2.10. The van der Waals surface area contributed by atoms with Gasteiger partial charge in [-0.15, -0.1) is 0 Å². The number of halogens is 3. The zero-order valence-corrected chi connectivity index (χ0v) is 10.8. The zero-order valence-electron chi connectivity index (χ0n) is 9.17. The fraction of sp³-hybridized carbons (Fsp3) is 0.364. The first-order valence-electron chi connectivity index (χ1n) is 4.91. The third-order valence-electron chi connectivity index (χ3n) is 2.00. The van der Waals surface area contributed by atoms with Crippen LogP contribution in [-0.2, 0) is 4.74 Å². The number of amides is 1. The van der Waals surface area contributed by atoms with Crippen LogP contribution in [0.4, 0.5) is 8.78 Å². The van der Waals surface area contributed by atoms with Crippen molar-refractivity contribution < 1.29 is 18.3 Å². The summed E-state index contributed by atoms with van der Waals surface area (Å²) in [6.07, 6.45) is 0. The Morgan fingerprint density at radius 3 is 2.88 bits per heavy atom. The zero-order chi connectivity index (χ0) is 12.8. The number of rotatable bonds is 5. The summed E-state index contributed by atoms with van der Waals surface area (Å²) in [7, 11) is 1.53. The molecule has 0 bridgehead atoms. The summed E-state index contributed by atoms with van der Waals surface area (Å²) < 4.78 is 30.9. The van der Waals surface area contributed by atoms with E-state index in [0.717, 1.165) is 18.2 Å². The van der Waals surface area contributed by atoms with E-state index in [1.54, 1.807) is 0 Å². The van der Waals surface area contributed by atoms with Crippen LogP contribution in [0.5, 0.6) is 0 Å². The van der Waals surface area contributed by atoms with Crippen molar-refractivity contribution in [2.45, 2.75) is 4.83 Å². The van der Waals surface area contributed by atoms with Crippen LogP contribution in [0.3, 0.4) is 0 Å². The number of methoxy groups -OCH3 is 1. The van der Waals surface area contributed by atoms with Crippen LogP contribution in [0.15, 0.2) is 18.2 Å². The summed E-state index contributed by atoms with van der Waals surface area (Å²) >= 11 is 3.26. The summed E-state index contributed by atoms with van der Waals surface area (Å²) in [4.78, 5) is 11.5. The fourth-order valence-corrected chi connectivity index (χ4v) is 1.64. The normalized spacial score (nSPS) is 12.2. The molecular weight excluding hydrogens is 296 g/mol. The van der Waals surface area contributed by atoms with Gasteiger partial charge < -0.3 is 10.1 Å². The van der Waals surface area contributed by atoms with Crippen LogP contribution in [0.25, 0.3) is 0 Å². The van der Waals surface area contributed by atoms with Crippen molar-refractivity contribution in [3.8, 4) is 0 Å². The largest absolute Gasteiger partial charge is 0.383 e. The number of carbonyl (C=O) groups is 1. The average Bonchev–Trinajstić information content (AvgIpc) is 2.29. The van der Waals surface area contributed by atoms with Crippen molar-refractivity contribution in [2.75, 3.05) is 20.3 Å². The van der Waals surface area contributed by atoms with Gasteiger partial charge in [0.2, 0.25) is 0 Å². The van der Waals surface area contributed by atoms with Crippen LogP contribution in [0.1, 0.15) is 10.4 Å². The number of ether oxygens (including phenoxy) is 1. The van der Waals surface area contributed by atoms with Gasteiger partial charge in [0.15, 0.2) is 0 Å². The molecule has 17 heavy (non-hydrogen) atoms. The molecule has 94 valence electrons. The second-order valence-electron chi connectivity index (χ2n) is 3.39. The molecule has 0 radical (unpaired) electrons. The molecule has 0 saturated carbocycles. The molecular formula is C11H12BrF2NO2. The molecule has 1 atom stereocenters. The number of hydrogen-bond donors (Lipinski definition) is 1. The van der Waals surface area contributed by atoms with E-state index in [1.807, 2.05) is 0 Å². The molecule has 0 aromatic heterocycles. The molecule has 0 aliphatic carbocycles. The van der Waals surface area contributed by atoms with Crippen LogP contribution < -0.4 is 5.32 Å². The molecule has 6 heteroatoms. The number of benzene rings is 1. The minimum atomic E-state index is -0.748. The van der Waals surface area contributed by atoms with Crippen molar-refractivity contribution in [3.63, 3.8) is 0 Å². The lowest BCUT2D eigenvalue weighted by molar-refractivity contribution is 0.0945. The van der Waals surface area contributed by atoms with Gasteiger partial charge >= 0.3 is 0 Å². The van der Waals surface area contributed by atoms with Crippen LogP contribution >= 0.6 is 15.9 Å². The molecule has 1 aromatic carbocycles. The molecule has 1 rings (SSSR count). The monoisotopic (exact) mass is 307 g/mol. The van der Waals surface area contributed by atoms with Gasteiger partial charge in [0.25, 0.3) is 5.91 Å². The van der Waals surface area contributed by atoms with E-state index in [4.69, 9.17) is 4.74 Å². The predicted molar refractivity (Wildman–Crippen MR) is 63.3 cm³/mol. The van der Waals surface area contributed by atoms with Crippen molar-refractivity contribution in [3.05, 3.63) is 35.4 Å². The molecule has 1 unspecified atom stereocenters. The van der Waals surface area contributed by atoms with Gasteiger partial charge in [-0.25, -0.2) is 8.78 Å². The molecule has 0 spiro atoms. The highest BCUT2D eigenvalue weighted by molar-refractivity contribution is 9.09. The minimum absolute atomic E-state index is 0.0759. The summed E-state index contributed by atoms with van der Waals surface area (Å²) in [5.74, 6) is -2.05. The van der Waals surface area contributed by atoms with Crippen LogP contribution in [-0.4, -0.2) is 31.0 Å². The summed E-state index contributed by atoms with van der Waals surface area (Å²) in [6, 6.07) is 2.75. The van der Waals surface area contributed by atoms with Gasteiger partial charge in [-0.2, -0.15) is 0 Å². The highest BCUT2D eigenvalue weighted by atomic mass is 79.9. The summed E-state index contributed by atoms with van der Waals surface area (Å²) in [5, 5.41) is 2.48. The van der Waals surface area contributed by atoms with Crippen molar-refractivity contribution in [2.24, 2.45) is 0 Å². The van der Waals surface area contributed by atoms with Gasteiger partial charge in [0.1, 0.15) is 11.6 Å². The Bertz CT molecular complexity index is 401. The third-order valence-corrected chi connectivity index (χ3v) is 2.59. The molecule has 1 amide bonds. The second-order valence-corrected chi connectivity index (χ2v) is 4.68. The van der Waals surface area contributed by atoms with E-state index in [1.165, 1.54) is 7.11 Å². The molecule has 1 aromatic rings. The van der Waals surface area contributed by atoms with E-state index < -0.39 is 17.5 Å². The first kappa shape index (κ1) is 14.1. The highest BCUT2D eigenvalue weighted by Gasteiger charge is 2.13. The quantitative estimate of drug-likeness (QED) is 0.846. The topological polar surface area (TPSA) is 38.3 Å². The Balaban J connectivity index is 2.61. The third kappa shape index (κ3) is 4.40. The fourth-order valence-electron chi connectivity index (χ4n) is 1.21. The van der Waals surface area contributed by atoms with E-state index >= 15 is 0 Å². The van der Waals surface area contributed by atoms with E-state index in [2.05, 4.69) is 21.2 Å². The number of nitrogens with one attached hydrogen (secondary N) is 1. The lowest BCUT2D eigenvalue weighted by Crippen LogP contribution is -2.32. The predicted octanol–water partition coefficient (Wildman–Crippen LogP) is 2.10. The van der Waals surface area contributed by atoms with Gasteiger partial charge in [-0.1, -0.05) is 15.9 Å². The number of alkyl halides is 1. The maximum absolute atomic E-state index is 13.2. The van der Waals surface area contributed by atoms with E-state index in [-0.39, 0.29) is 16.9 Å². The molecule has 0 heterocycles. The smallest absolute Gasteiger partial charge is 0.254 e. The van der Waals surface area contributed by atoms with Crippen LogP contribution in [0, 0.1) is 11.6 Å². The molecule has 0 aliphatic heterocycles. The Morgan fingerprint density at radius 2 is 2.24 bits per heavy atom. The van der Waals surface area contributed by atoms with Gasteiger partial charge in [-0.3, -0.25) is 4.79 Å². The molecule has 0 fully saturated rings. The first-order chi connectivity index (χ1) is 8.04. The van der Waals surface area contributed by atoms with Crippen molar-refractivity contribution in [1.82, 2.24) is 5.32 Å². The van der Waals surface area contributed by atoms with E-state index in [9.17, 15) is 13.6 Å². The molecule has 0 aliphatic rings. The van der Waals surface area contributed by atoms with Gasteiger partial charge in [0, 0.05) is 13.7 Å². The number of carbonyl (C=O) groups excluding carboxylic acids is 1. The maximum Gasteiger partial charge on any atom is 0.254 e. The average molecular weight is 308 g/mol. The van der Waals surface area contributed by atoms with Crippen molar-refractivity contribution in [1.29, 1.82) is 0 Å². The van der Waals surface area contributed by atoms with Crippen molar-refractivity contribution >= 4 is 21.8 Å². The maximum atomic E-state index is 13.2. The second kappa shape index (κ2) is 6.66. The Morgan fingerprint density at radius 1 is 1.53 bits per heavy atom. The highest BCUT2D eigenvalue weighted by Crippen LogP contribution is 2.09. The Hall–Kier alpha value is -1.01. The van der Waals surface area contributed by atoms with Gasteiger partial charge in [-0.05, 0) is 18.2 Å². The first-order valence-corrected chi connectivity index (χ1v) is 5.82. The lowest BCUT2D eigenvalue weighted by atomic mass is 10.2. The van der Waals surface area contributed by atoms with Crippen LogP contribution in [0.2, 0.25) is 0 Å². The number of hydrogen-bond acceptors (Lipinski definition) is 2. The molecule has 1 N–H and O–H groups in total. The molecule has 3 nitrogen and oxygen atoms in total. The summed E-state index contributed by atoms with van der Waals surface area (Å²) in [6.45, 7) is 0.675. The summed E-state index contributed by atoms with van der Waals surface area (Å²) in [5.41, 5.74) is -0.304. The SMILES string of the molecule is COCC(Br)CNC(=O)c1cc(F)ccc1F. The Labute approximate surface area is 106 Å². The van der Waals surface area contributed by atoms with E-state index in [0.29, 0.717) is 6.61 Å². The van der Waals surface area contributed by atoms with Gasteiger partial charge in [0.05, 0.1) is 17.0 Å². The standard InChI is InChI=1S/C11H12BrF2NO2/c1-17-6-7(12)5-15-11(16)9-4-8(13)2-3-10(9)14/h2-4,7H,5-6H2,1H3,(H,15,16). The Kier molecular flexibility index (Phi) is 5.50. The minimum Gasteiger partial charge on any atom is -0.383 e.